The van der Waals surface area contributed by atoms with Crippen molar-refractivity contribution in [3.8, 4) is 0 Å². The third-order valence-electron chi connectivity index (χ3n) is 4.69. The van der Waals surface area contributed by atoms with Crippen molar-refractivity contribution in [1.82, 2.24) is 4.90 Å². The van der Waals surface area contributed by atoms with Crippen molar-refractivity contribution in [3.05, 3.63) is 35.4 Å². The predicted octanol–water partition coefficient (Wildman–Crippen LogP) is 3.42. The topological polar surface area (TPSA) is 40.5 Å². The number of hydrogen-bond donors (Lipinski definition) is 1. The molecule has 1 saturated carbocycles. The molecular formula is C17H25NO2. The summed E-state index contributed by atoms with van der Waals surface area (Å²) in [6.07, 6.45) is 3.59. The molecule has 0 aliphatic heterocycles. The molecule has 0 bridgehead atoms. The van der Waals surface area contributed by atoms with Gasteiger partial charge in [0.25, 0.3) is 0 Å². The van der Waals surface area contributed by atoms with E-state index in [1.807, 2.05) is 18.2 Å². The number of aliphatic carboxylic acids is 1. The molecule has 0 saturated heterocycles. The molecule has 110 valence electrons. The number of carboxylic acids is 1. The minimum absolute atomic E-state index is 0.649. The van der Waals surface area contributed by atoms with Gasteiger partial charge in [-0.1, -0.05) is 51.0 Å². The molecule has 1 aromatic rings. The number of rotatable bonds is 6. The number of benzene rings is 1. The van der Waals surface area contributed by atoms with Crippen molar-refractivity contribution in [2.24, 2.45) is 0 Å². The van der Waals surface area contributed by atoms with Gasteiger partial charge in [0, 0.05) is 6.54 Å². The fraction of sp³-hybridized carbons (Fsp3) is 0.588. The van der Waals surface area contributed by atoms with Crippen molar-refractivity contribution in [3.63, 3.8) is 0 Å². The lowest BCUT2D eigenvalue weighted by Crippen LogP contribution is -2.35. The first-order valence-corrected chi connectivity index (χ1v) is 7.68. The normalized spacial score (nSPS) is 17.6. The van der Waals surface area contributed by atoms with E-state index < -0.39 is 11.4 Å². The Morgan fingerprint density at radius 2 is 1.80 bits per heavy atom. The highest BCUT2D eigenvalue weighted by Gasteiger charge is 2.44. The minimum atomic E-state index is -0.651. The van der Waals surface area contributed by atoms with Gasteiger partial charge in [0.1, 0.15) is 0 Å². The highest BCUT2D eigenvalue weighted by molar-refractivity contribution is 5.82. The van der Waals surface area contributed by atoms with E-state index in [0.29, 0.717) is 0 Å². The molecule has 0 radical (unpaired) electrons. The van der Waals surface area contributed by atoms with Crippen LogP contribution in [0.5, 0.6) is 0 Å². The molecule has 0 spiro atoms. The van der Waals surface area contributed by atoms with Crippen LogP contribution in [0.15, 0.2) is 24.3 Å². The predicted molar refractivity (Wildman–Crippen MR) is 80.8 cm³/mol. The average Bonchev–Trinajstić information content (AvgIpc) is 2.96. The standard InChI is InChI=1S/C17H25NO2/c1-3-18(4-2)13-14-9-5-6-10-15(14)17(16(19)20)11-7-8-12-17/h5-6,9-10H,3-4,7-8,11-13H2,1-2H3,(H,19,20). The Hall–Kier alpha value is -1.35. The van der Waals surface area contributed by atoms with Gasteiger partial charge in [0.05, 0.1) is 5.41 Å². The summed E-state index contributed by atoms with van der Waals surface area (Å²) in [5.74, 6) is -0.651. The Labute approximate surface area is 121 Å². The van der Waals surface area contributed by atoms with E-state index in [1.165, 1.54) is 5.56 Å². The van der Waals surface area contributed by atoms with Crippen LogP contribution in [0.3, 0.4) is 0 Å². The Balaban J connectivity index is 2.38. The number of nitrogens with zero attached hydrogens (tertiary/aromatic N) is 1. The molecule has 0 unspecified atom stereocenters. The SMILES string of the molecule is CCN(CC)Cc1ccccc1C1(C(=O)O)CCCC1. The van der Waals surface area contributed by atoms with Gasteiger partial charge in [-0.05, 0) is 37.1 Å². The van der Waals surface area contributed by atoms with Gasteiger partial charge in [0.2, 0.25) is 0 Å². The third-order valence-corrected chi connectivity index (χ3v) is 4.69. The largest absolute Gasteiger partial charge is 0.481 e. The lowest BCUT2D eigenvalue weighted by molar-refractivity contribution is -0.143. The molecule has 0 amide bonds. The van der Waals surface area contributed by atoms with Crippen LogP contribution in [-0.4, -0.2) is 29.1 Å². The second kappa shape index (κ2) is 6.40. The van der Waals surface area contributed by atoms with E-state index in [1.54, 1.807) is 0 Å². The van der Waals surface area contributed by atoms with E-state index in [2.05, 4.69) is 24.8 Å². The molecule has 2 rings (SSSR count). The van der Waals surface area contributed by atoms with Gasteiger partial charge in [-0.2, -0.15) is 0 Å². The van der Waals surface area contributed by atoms with Crippen LogP contribution in [0.2, 0.25) is 0 Å². The fourth-order valence-corrected chi connectivity index (χ4v) is 3.39. The maximum Gasteiger partial charge on any atom is 0.314 e. The minimum Gasteiger partial charge on any atom is -0.481 e. The summed E-state index contributed by atoms with van der Waals surface area (Å²) in [6.45, 7) is 7.12. The molecule has 1 N–H and O–H groups in total. The quantitative estimate of drug-likeness (QED) is 0.864. The second-order valence-corrected chi connectivity index (χ2v) is 5.71. The first kappa shape index (κ1) is 15.0. The van der Waals surface area contributed by atoms with Gasteiger partial charge in [-0.25, -0.2) is 0 Å². The summed E-state index contributed by atoms with van der Waals surface area (Å²) in [4.78, 5) is 14.2. The summed E-state index contributed by atoms with van der Waals surface area (Å²) < 4.78 is 0. The lowest BCUT2D eigenvalue weighted by Gasteiger charge is -2.29. The molecule has 0 atom stereocenters. The molecule has 0 heterocycles. The molecule has 3 nitrogen and oxygen atoms in total. The molecule has 1 fully saturated rings. The highest BCUT2D eigenvalue weighted by atomic mass is 16.4. The molecular weight excluding hydrogens is 250 g/mol. The van der Waals surface area contributed by atoms with E-state index in [9.17, 15) is 9.90 Å². The maximum atomic E-state index is 11.9. The fourth-order valence-electron chi connectivity index (χ4n) is 3.39. The number of hydrogen-bond acceptors (Lipinski definition) is 2. The molecule has 1 aromatic carbocycles. The summed E-state index contributed by atoms with van der Waals surface area (Å²) in [7, 11) is 0. The van der Waals surface area contributed by atoms with Crippen molar-refractivity contribution in [2.75, 3.05) is 13.1 Å². The number of carbonyl (C=O) groups is 1. The summed E-state index contributed by atoms with van der Waals surface area (Å²) in [6, 6.07) is 8.12. The van der Waals surface area contributed by atoms with Crippen molar-refractivity contribution in [2.45, 2.75) is 51.5 Å². The van der Waals surface area contributed by atoms with Crippen molar-refractivity contribution in [1.29, 1.82) is 0 Å². The second-order valence-electron chi connectivity index (χ2n) is 5.71. The average molecular weight is 275 g/mol. The zero-order chi connectivity index (χ0) is 14.6. The molecule has 20 heavy (non-hydrogen) atoms. The molecule has 0 aromatic heterocycles. The van der Waals surface area contributed by atoms with E-state index in [4.69, 9.17) is 0 Å². The highest BCUT2D eigenvalue weighted by Crippen LogP contribution is 2.42. The van der Waals surface area contributed by atoms with Crippen LogP contribution in [0.1, 0.15) is 50.7 Å². The van der Waals surface area contributed by atoms with E-state index in [0.717, 1.165) is 50.9 Å². The number of carboxylic acid groups (broad SMARTS) is 1. The summed E-state index contributed by atoms with van der Waals surface area (Å²) in [5, 5.41) is 9.78. The van der Waals surface area contributed by atoms with Crippen LogP contribution in [-0.2, 0) is 16.8 Å². The van der Waals surface area contributed by atoms with Gasteiger partial charge < -0.3 is 5.11 Å². The van der Waals surface area contributed by atoms with Gasteiger partial charge >= 0.3 is 5.97 Å². The summed E-state index contributed by atoms with van der Waals surface area (Å²) >= 11 is 0. The van der Waals surface area contributed by atoms with Crippen molar-refractivity contribution < 1.29 is 9.90 Å². The van der Waals surface area contributed by atoms with Crippen LogP contribution >= 0.6 is 0 Å². The zero-order valence-electron chi connectivity index (χ0n) is 12.6. The Morgan fingerprint density at radius 3 is 2.35 bits per heavy atom. The molecule has 1 aliphatic rings. The van der Waals surface area contributed by atoms with Crippen molar-refractivity contribution >= 4 is 5.97 Å². The zero-order valence-corrected chi connectivity index (χ0v) is 12.6. The van der Waals surface area contributed by atoms with Crippen LogP contribution in [0, 0.1) is 0 Å². The van der Waals surface area contributed by atoms with Crippen LogP contribution in [0.4, 0.5) is 0 Å². The van der Waals surface area contributed by atoms with E-state index >= 15 is 0 Å². The van der Waals surface area contributed by atoms with Gasteiger partial charge in [-0.3, -0.25) is 9.69 Å². The first-order chi connectivity index (χ1) is 9.64. The third kappa shape index (κ3) is 2.73. The van der Waals surface area contributed by atoms with Gasteiger partial charge in [0.15, 0.2) is 0 Å². The van der Waals surface area contributed by atoms with E-state index in [-0.39, 0.29) is 0 Å². The Morgan fingerprint density at radius 1 is 1.20 bits per heavy atom. The molecule has 1 aliphatic carbocycles. The smallest absolute Gasteiger partial charge is 0.314 e. The Kier molecular flexibility index (Phi) is 4.81. The van der Waals surface area contributed by atoms with Gasteiger partial charge in [-0.15, -0.1) is 0 Å². The first-order valence-electron chi connectivity index (χ1n) is 7.68. The van der Waals surface area contributed by atoms with Crippen LogP contribution < -0.4 is 0 Å². The Bertz CT molecular complexity index is 460. The monoisotopic (exact) mass is 275 g/mol. The maximum absolute atomic E-state index is 11.9. The summed E-state index contributed by atoms with van der Waals surface area (Å²) in [5.41, 5.74) is 1.57. The van der Waals surface area contributed by atoms with Crippen LogP contribution in [0.25, 0.3) is 0 Å². The molecule has 3 heteroatoms. The lowest BCUT2D eigenvalue weighted by atomic mass is 9.76.